The van der Waals surface area contributed by atoms with Crippen LogP contribution in [0.3, 0.4) is 0 Å². The lowest BCUT2D eigenvalue weighted by atomic mass is 10.0. The number of rotatable bonds is 5. The number of benzene rings is 1. The van der Waals surface area contributed by atoms with Gasteiger partial charge in [-0.15, -0.1) is 0 Å². The topological polar surface area (TPSA) is 46.2 Å². The minimum atomic E-state index is -0.210. The average Bonchev–Trinajstić information content (AvgIpc) is 2.27. The molecule has 0 aromatic heterocycles. The third-order valence-electron chi connectivity index (χ3n) is 2.70. The molecule has 0 aliphatic heterocycles. The van der Waals surface area contributed by atoms with Gasteiger partial charge in [0.25, 0.3) is 0 Å². The summed E-state index contributed by atoms with van der Waals surface area (Å²) in [4.78, 5) is 23.5. The van der Waals surface area contributed by atoms with Crippen molar-refractivity contribution < 1.29 is 9.59 Å². The van der Waals surface area contributed by atoms with E-state index in [-0.39, 0.29) is 17.2 Å². The highest BCUT2D eigenvalue weighted by Gasteiger charge is 2.14. The standard InChI is InChI=1S/C16H23NO2/c1-12-8-10-13(11-9-12)14(18)6-5-7-15(19)17-16(2,3)4/h8-11H,5-7H2,1-4H3,(H,17,19). The van der Waals surface area contributed by atoms with E-state index in [0.717, 1.165) is 11.1 Å². The van der Waals surface area contributed by atoms with Crippen molar-refractivity contribution in [2.45, 2.75) is 52.5 Å². The Morgan fingerprint density at radius 1 is 1.05 bits per heavy atom. The molecular formula is C16H23NO2. The molecule has 1 amide bonds. The van der Waals surface area contributed by atoms with Crippen LogP contribution in [-0.2, 0) is 4.79 Å². The normalized spacial score (nSPS) is 11.2. The number of carbonyl (C=O) groups is 2. The fraction of sp³-hybridized carbons (Fsp3) is 0.500. The first kappa shape index (κ1) is 15.4. The van der Waals surface area contributed by atoms with Crippen LogP contribution in [0.2, 0.25) is 0 Å². The minimum absolute atomic E-state index is 0.00389. The van der Waals surface area contributed by atoms with Crippen LogP contribution in [0.5, 0.6) is 0 Å². The van der Waals surface area contributed by atoms with E-state index >= 15 is 0 Å². The first-order valence-corrected chi connectivity index (χ1v) is 6.69. The summed E-state index contributed by atoms with van der Waals surface area (Å²) in [6, 6.07) is 7.54. The van der Waals surface area contributed by atoms with Crippen molar-refractivity contribution in [3.05, 3.63) is 35.4 Å². The van der Waals surface area contributed by atoms with E-state index in [1.54, 1.807) is 0 Å². The molecule has 0 atom stereocenters. The molecule has 0 aliphatic carbocycles. The quantitative estimate of drug-likeness (QED) is 0.827. The Balaban J connectivity index is 2.35. The number of amides is 1. The van der Waals surface area contributed by atoms with E-state index in [1.165, 1.54) is 0 Å². The lowest BCUT2D eigenvalue weighted by molar-refractivity contribution is -0.122. The second-order valence-corrected chi connectivity index (χ2v) is 5.94. The van der Waals surface area contributed by atoms with Gasteiger partial charge in [0.05, 0.1) is 0 Å². The molecule has 0 spiro atoms. The Hall–Kier alpha value is -1.64. The second kappa shape index (κ2) is 6.50. The molecule has 104 valence electrons. The zero-order valence-electron chi connectivity index (χ0n) is 12.2. The van der Waals surface area contributed by atoms with Crippen LogP contribution in [0.25, 0.3) is 0 Å². The van der Waals surface area contributed by atoms with Gasteiger partial charge in [0, 0.05) is 23.9 Å². The molecule has 3 nitrogen and oxygen atoms in total. The Morgan fingerprint density at radius 2 is 1.63 bits per heavy atom. The molecule has 0 unspecified atom stereocenters. The summed E-state index contributed by atoms with van der Waals surface area (Å²) in [5.74, 6) is 0.104. The molecule has 0 saturated heterocycles. The fourth-order valence-electron chi connectivity index (χ4n) is 1.77. The highest BCUT2D eigenvalue weighted by molar-refractivity contribution is 5.96. The lowest BCUT2D eigenvalue weighted by Gasteiger charge is -2.20. The highest BCUT2D eigenvalue weighted by atomic mass is 16.1. The molecular weight excluding hydrogens is 238 g/mol. The predicted molar refractivity (Wildman–Crippen MR) is 77.3 cm³/mol. The van der Waals surface area contributed by atoms with Crippen LogP contribution < -0.4 is 5.32 Å². The first-order valence-electron chi connectivity index (χ1n) is 6.69. The molecule has 0 bridgehead atoms. The zero-order chi connectivity index (χ0) is 14.5. The van der Waals surface area contributed by atoms with Crippen molar-refractivity contribution in [2.24, 2.45) is 0 Å². The largest absolute Gasteiger partial charge is 0.352 e. The van der Waals surface area contributed by atoms with Gasteiger partial charge in [0.15, 0.2) is 5.78 Å². The monoisotopic (exact) mass is 261 g/mol. The summed E-state index contributed by atoms with van der Waals surface area (Å²) in [7, 11) is 0. The maximum absolute atomic E-state index is 11.9. The lowest BCUT2D eigenvalue weighted by Crippen LogP contribution is -2.40. The van der Waals surface area contributed by atoms with Gasteiger partial charge in [-0.2, -0.15) is 0 Å². The number of nitrogens with one attached hydrogen (secondary N) is 1. The van der Waals surface area contributed by atoms with Crippen molar-refractivity contribution >= 4 is 11.7 Å². The van der Waals surface area contributed by atoms with Crippen molar-refractivity contribution in [1.29, 1.82) is 0 Å². The summed E-state index contributed by atoms with van der Waals surface area (Å²) in [6.45, 7) is 7.83. The van der Waals surface area contributed by atoms with Gasteiger partial charge in [-0.1, -0.05) is 29.8 Å². The van der Waals surface area contributed by atoms with Gasteiger partial charge in [-0.05, 0) is 34.1 Å². The molecule has 0 fully saturated rings. The molecule has 0 radical (unpaired) electrons. The number of aryl methyl sites for hydroxylation is 1. The van der Waals surface area contributed by atoms with Crippen LogP contribution in [0, 0.1) is 6.92 Å². The summed E-state index contributed by atoms with van der Waals surface area (Å²) < 4.78 is 0. The summed E-state index contributed by atoms with van der Waals surface area (Å²) in [5.41, 5.74) is 1.65. The average molecular weight is 261 g/mol. The number of hydrogen-bond acceptors (Lipinski definition) is 2. The SMILES string of the molecule is Cc1ccc(C(=O)CCCC(=O)NC(C)(C)C)cc1. The number of Topliss-reactive ketones (excluding diaryl/α,β-unsaturated/α-hetero) is 1. The zero-order valence-corrected chi connectivity index (χ0v) is 12.2. The summed E-state index contributed by atoms with van der Waals surface area (Å²) in [5, 5.41) is 2.89. The van der Waals surface area contributed by atoms with Crippen LogP contribution >= 0.6 is 0 Å². The molecule has 1 aromatic carbocycles. The van der Waals surface area contributed by atoms with E-state index < -0.39 is 0 Å². The van der Waals surface area contributed by atoms with E-state index in [9.17, 15) is 9.59 Å². The molecule has 3 heteroatoms. The van der Waals surface area contributed by atoms with Crippen LogP contribution in [0.15, 0.2) is 24.3 Å². The Kier molecular flexibility index (Phi) is 5.28. The summed E-state index contributed by atoms with van der Waals surface area (Å²) in [6.07, 6.45) is 1.41. The Bertz CT molecular complexity index is 441. The molecule has 1 rings (SSSR count). The predicted octanol–water partition coefficient (Wildman–Crippen LogP) is 3.26. The molecule has 1 aromatic rings. The van der Waals surface area contributed by atoms with Crippen molar-refractivity contribution in [1.82, 2.24) is 5.32 Å². The van der Waals surface area contributed by atoms with Gasteiger partial charge in [-0.25, -0.2) is 0 Å². The van der Waals surface area contributed by atoms with E-state index in [4.69, 9.17) is 0 Å². The van der Waals surface area contributed by atoms with Crippen LogP contribution in [0.1, 0.15) is 56.0 Å². The second-order valence-electron chi connectivity index (χ2n) is 5.94. The first-order chi connectivity index (χ1) is 8.78. The molecule has 0 aliphatic rings. The van der Waals surface area contributed by atoms with Crippen molar-refractivity contribution in [3.8, 4) is 0 Å². The van der Waals surface area contributed by atoms with E-state index in [0.29, 0.717) is 19.3 Å². The van der Waals surface area contributed by atoms with Crippen molar-refractivity contribution in [3.63, 3.8) is 0 Å². The van der Waals surface area contributed by atoms with Gasteiger partial charge < -0.3 is 5.32 Å². The van der Waals surface area contributed by atoms with Crippen molar-refractivity contribution in [2.75, 3.05) is 0 Å². The fourth-order valence-corrected chi connectivity index (χ4v) is 1.77. The van der Waals surface area contributed by atoms with Crippen LogP contribution in [-0.4, -0.2) is 17.2 Å². The Labute approximate surface area is 115 Å². The molecule has 19 heavy (non-hydrogen) atoms. The molecule has 0 saturated carbocycles. The minimum Gasteiger partial charge on any atom is -0.352 e. The smallest absolute Gasteiger partial charge is 0.220 e. The Morgan fingerprint density at radius 3 is 2.16 bits per heavy atom. The number of carbonyl (C=O) groups excluding carboxylic acids is 2. The summed E-state index contributed by atoms with van der Waals surface area (Å²) >= 11 is 0. The highest BCUT2D eigenvalue weighted by Crippen LogP contribution is 2.09. The molecule has 1 N–H and O–H groups in total. The van der Waals surface area contributed by atoms with E-state index in [1.807, 2.05) is 52.0 Å². The number of hydrogen-bond donors (Lipinski definition) is 1. The van der Waals surface area contributed by atoms with Gasteiger partial charge in [0.2, 0.25) is 5.91 Å². The molecule has 0 heterocycles. The maximum Gasteiger partial charge on any atom is 0.220 e. The van der Waals surface area contributed by atoms with Gasteiger partial charge in [0.1, 0.15) is 0 Å². The maximum atomic E-state index is 11.9. The third kappa shape index (κ3) is 6.18. The van der Waals surface area contributed by atoms with E-state index in [2.05, 4.69) is 5.32 Å². The number of ketones is 1. The van der Waals surface area contributed by atoms with Gasteiger partial charge in [-0.3, -0.25) is 9.59 Å². The van der Waals surface area contributed by atoms with Gasteiger partial charge >= 0.3 is 0 Å². The third-order valence-corrected chi connectivity index (χ3v) is 2.70. The van der Waals surface area contributed by atoms with Crippen LogP contribution in [0.4, 0.5) is 0 Å².